The van der Waals surface area contributed by atoms with Gasteiger partial charge in [-0.2, -0.15) is 0 Å². The molecule has 19 heavy (non-hydrogen) atoms. The summed E-state index contributed by atoms with van der Waals surface area (Å²) >= 11 is 0. The number of carbonyl (C=O) groups excluding carboxylic acids is 1. The van der Waals surface area contributed by atoms with Gasteiger partial charge in [0, 0.05) is 11.0 Å². The van der Waals surface area contributed by atoms with E-state index in [1.807, 2.05) is 12.1 Å². The number of hydrogen-bond acceptors (Lipinski definition) is 1. The summed E-state index contributed by atoms with van der Waals surface area (Å²) in [5.74, 6) is 0.384. The summed E-state index contributed by atoms with van der Waals surface area (Å²) in [6, 6.07) is 8.37. The zero-order valence-electron chi connectivity index (χ0n) is 12.4. The maximum absolute atomic E-state index is 12.7. The summed E-state index contributed by atoms with van der Waals surface area (Å²) < 4.78 is 0. The molecule has 1 saturated carbocycles. The predicted molar refractivity (Wildman–Crippen MR) is 80.6 cm³/mol. The second-order valence-corrected chi connectivity index (χ2v) is 5.97. The van der Waals surface area contributed by atoms with Crippen LogP contribution < -0.4 is 0 Å². The fourth-order valence-electron chi connectivity index (χ4n) is 3.30. The number of hydrogen-bond donors (Lipinski definition) is 0. The van der Waals surface area contributed by atoms with Crippen molar-refractivity contribution in [3.05, 3.63) is 35.4 Å². The van der Waals surface area contributed by atoms with E-state index >= 15 is 0 Å². The van der Waals surface area contributed by atoms with Gasteiger partial charge in [-0.3, -0.25) is 4.79 Å². The van der Waals surface area contributed by atoms with Gasteiger partial charge in [0.1, 0.15) is 0 Å². The summed E-state index contributed by atoms with van der Waals surface area (Å²) in [6.45, 7) is 4.38. The number of unbranched alkanes of at least 4 members (excludes halogenated alkanes) is 1. The maximum atomic E-state index is 12.7. The quantitative estimate of drug-likeness (QED) is 0.642. The molecule has 104 valence electrons. The van der Waals surface area contributed by atoms with Crippen LogP contribution in [0.15, 0.2) is 24.3 Å². The van der Waals surface area contributed by atoms with E-state index in [0.717, 1.165) is 31.2 Å². The normalized spacial score (nSPS) is 17.6. The van der Waals surface area contributed by atoms with E-state index in [4.69, 9.17) is 0 Å². The highest BCUT2D eigenvalue weighted by atomic mass is 16.1. The van der Waals surface area contributed by atoms with Crippen LogP contribution in [0, 0.1) is 5.41 Å². The van der Waals surface area contributed by atoms with Crippen molar-refractivity contribution in [3.63, 3.8) is 0 Å². The molecule has 1 nitrogen and oxygen atoms in total. The molecule has 1 fully saturated rings. The van der Waals surface area contributed by atoms with Gasteiger partial charge in [0.15, 0.2) is 5.78 Å². The minimum Gasteiger partial charge on any atom is -0.294 e. The Kier molecular flexibility index (Phi) is 4.79. The van der Waals surface area contributed by atoms with Gasteiger partial charge in [0.05, 0.1) is 0 Å². The lowest BCUT2D eigenvalue weighted by Gasteiger charge is -2.25. The summed E-state index contributed by atoms with van der Waals surface area (Å²) in [4.78, 5) is 12.7. The van der Waals surface area contributed by atoms with Crippen molar-refractivity contribution in [2.75, 3.05) is 0 Å². The van der Waals surface area contributed by atoms with Gasteiger partial charge in [-0.15, -0.1) is 0 Å². The number of aryl methyl sites for hydroxylation is 1. The van der Waals surface area contributed by atoms with Crippen LogP contribution in [0.25, 0.3) is 0 Å². The van der Waals surface area contributed by atoms with Crippen molar-refractivity contribution in [2.24, 2.45) is 5.41 Å². The van der Waals surface area contributed by atoms with Crippen molar-refractivity contribution in [1.29, 1.82) is 0 Å². The molecule has 0 N–H and O–H groups in total. The van der Waals surface area contributed by atoms with Crippen LogP contribution >= 0.6 is 0 Å². The van der Waals surface area contributed by atoms with Crippen molar-refractivity contribution in [2.45, 2.75) is 65.2 Å². The van der Waals surface area contributed by atoms with Gasteiger partial charge in [0.25, 0.3) is 0 Å². The van der Waals surface area contributed by atoms with Crippen LogP contribution in [0.2, 0.25) is 0 Å². The van der Waals surface area contributed by atoms with Gasteiger partial charge >= 0.3 is 0 Å². The zero-order chi connectivity index (χ0) is 13.7. The molecule has 2 rings (SSSR count). The largest absolute Gasteiger partial charge is 0.294 e. The molecule has 0 unspecified atom stereocenters. The average molecular weight is 258 g/mol. The van der Waals surface area contributed by atoms with Crippen LogP contribution in [0.5, 0.6) is 0 Å². The molecule has 0 bridgehead atoms. The average Bonchev–Trinajstić information content (AvgIpc) is 2.95. The molecule has 1 heteroatoms. The molecule has 0 atom stereocenters. The fraction of sp³-hybridized carbons (Fsp3) is 0.611. The van der Waals surface area contributed by atoms with E-state index in [2.05, 4.69) is 26.0 Å². The molecule has 0 amide bonds. The third kappa shape index (κ3) is 3.08. The first kappa shape index (κ1) is 14.3. The second kappa shape index (κ2) is 6.36. The van der Waals surface area contributed by atoms with Crippen LogP contribution in [-0.4, -0.2) is 5.78 Å². The van der Waals surface area contributed by atoms with E-state index in [-0.39, 0.29) is 5.41 Å². The Hall–Kier alpha value is -1.11. The molecule has 0 saturated heterocycles. The lowest BCUT2D eigenvalue weighted by Crippen LogP contribution is -2.27. The number of ketones is 1. The summed E-state index contributed by atoms with van der Waals surface area (Å²) in [5.41, 5.74) is 2.23. The molecule has 0 aliphatic heterocycles. The Bertz CT molecular complexity index is 410. The molecule has 0 heterocycles. The number of benzene rings is 1. The smallest absolute Gasteiger partial charge is 0.168 e. The molecule has 0 aromatic heterocycles. The first-order valence-corrected chi connectivity index (χ1v) is 7.85. The Labute approximate surface area is 117 Å². The van der Waals surface area contributed by atoms with Crippen molar-refractivity contribution in [1.82, 2.24) is 0 Å². The fourth-order valence-corrected chi connectivity index (χ4v) is 3.30. The molecule has 1 aliphatic carbocycles. The molecule has 0 radical (unpaired) electrons. The van der Waals surface area contributed by atoms with Gasteiger partial charge in [0.2, 0.25) is 0 Å². The van der Waals surface area contributed by atoms with Gasteiger partial charge in [-0.05, 0) is 37.7 Å². The van der Waals surface area contributed by atoms with E-state index < -0.39 is 0 Å². The van der Waals surface area contributed by atoms with Crippen LogP contribution in [-0.2, 0) is 6.42 Å². The summed E-state index contributed by atoms with van der Waals surface area (Å²) in [7, 11) is 0. The number of carbonyl (C=O) groups is 1. The van der Waals surface area contributed by atoms with Crippen molar-refractivity contribution < 1.29 is 4.79 Å². The summed E-state index contributed by atoms with van der Waals surface area (Å²) in [6.07, 6.45) is 9.17. The molecule has 1 aromatic carbocycles. The third-order valence-corrected chi connectivity index (χ3v) is 4.75. The van der Waals surface area contributed by atoms with Gasteiger partial charge < -0.3 is 0 Å². The van der Waals surface area contributed by atoms with Crippen molar-refractivity contribution >= 4 is 5.78 Å². The van der Waals surface area contributed by atoms with E-state index in [1.165, 1.54) is 31.2 Å². The lowest BCUT2D eigenvalue weighted by molar-refractivity contribution is 0.0791. The third-order valence-electron chi connectivity index (χ3n) is 4.75. The zero-order valence-corrected chi connectivity index (χ0v) is 12.4. The van der Waals surface area contributed by atoms with E-state index in [0.29, 0.717) is 5.78 Å². The van der Waals surface area contributed by atoms with Gasteiger partial charge in [-0.1, -0.05) is 57.4 Å². The molecular weight excluding hydrogens is 232 g/mol. The Morgan fingerprint density at radius 2 is 1.74 bits per heavy atom. The lowest BCUT2D eigenvalue weighted by atomic mass is 9.76. The van der Waals surface area contributed by atoms with Crippen LogP contribution in [0.3, 0.4) is 0 Å². The summed E-state index contributed by atoms with van der Waals surface area (Å²) in [5, 5.41) is 0. The topological polar surface area (TPSA) is 17.1 Å². The van der Waals surface area contributed by atoms with Crippen LogP contribution in [0.1, 0.15) is 74.7 Å². The predicted octanol–water partition coefficient (Wildman–Crippen LogP) is 5.18. The monoisotopic (exact) mass is 258 g/mol. The molecule has 1 aliphatic rings. The standard InChI is InChI=1S/C18H26O/c1-3-5-8-15-9-11-16(12-10-15)17(19)18(4-2)13-6-7-14-18/h9-12H,3-8,13-14H2,1-2H3. The highest BCUT2D eigenvalue weighted by molar-refractivity contribution is 6.00. The Morgan fingerprint density at radius 1 is 1.11 bits per heavy atom. The molecule has 1 aromatic rings. The van der Waals surface area contributed by atoms with Crippen LogP contribution in [0.4, 0.5) is 0 Å². The minimum atomic E-state index is -0.0507. The first-order chi connectivity index (χ1) is 9.22. The SMILES string of the molecule is CCCCc1ccc(C(=O)C2(CC)CCCC2)cc1. The molecular formula is C18H26O. The number of Topliss-reactive ketones (excluding diaryl/α,β-unsaturated/α-hetero) is 1. The highest BCUT2D eigenvalue weighted by Gasteiger charge is 2.39. The Balaban J connectivity index is 2.10. The van der Waals surface area contributed by atoms with E-state index in [1.54, 1.807) is 0 Å². The molecule has 0 spiro atoms. The highest BCUT2D eigenvalue weighted by Crippen LogP contribution is 2.43. The van der Waals surface area contributed by atoms with Gasteiger partial charge in [-0.25, -0.2) is 0 Å². The maximum Gasteiger partial charge on any atom is 0.168 e. The number of rotatable bonds is 6. The van der Waals surface area contributed by atoms with E-state index in [9.17, 15) is 4.79 Å². The van der Waals surface area contributed by atoms with Crippen molar-refractivity contribution in [3.8, 4) is 0 Å². The Morgan fingerprint density at radius 3 is 2.26 bits per heavy atom. The first-order valence-electron chi connectivity index (χ1n) is 7.85. The second-order valence-electron chi connectivity index (χ2n) is 5.97. The minimum absolute atomic E-state index is 0.0507.